The van der Waals surface area contributed by atoms with E-state index in [1.165, 1.54) is 0 Å². The van der Waals surface area contributed by atoms with E-state index in [-0.39, 0.29) is 18.2 Å². The third-order valence-corrected chi connectivity index (χ3v) is 3.43. The van der Waals surface area contributed by atoms with Crippen LogP contribution in [0.15, 0.2) is 41.5 Å². The van der Waals surface area contributed by atoms with Crippen LogP contribution < -0.4 is 5.56 Å². The number of hydrogen-bond donors (Lipinski definition) is 2. The molecule has 2 heterocycles. The van der Waals surface area contributed by atoms with E-state index in [1.807, 2.05) is 37.3 Å². The maximum absolute atomic E-state index is 12.1. The number of nitrogens with one attached hydrogen (secondary N) is 1. The van der Waals surface area contributed by atoms with Crippen molar-refractivity contribution in [2.24, 2.45) is 0 Å². The van der Waals surface area contributed by atoms with Crippen LogP contribution in [-0.2, 0) is 6.42 Å². The minimum atomic E-state index is -0.255. The Morgan fingerprint density at radius 3 is 2.81 bits per heavy atom. The first-order valence-corrected chi connectivity index (χ1v) is 6.79. The van der Waals surface area contributed by atoms with Gasteiger partial charge in [-0.3, -0.25) is 4.79 Å². The molecule has 0 aliphatic heterocycles. The molecule has 6 nitrogen and oxygen atoms in total. The highest BCUT2D eigenvalue weighted by Crippen LogP contribution is 2.13. The number of aliphatic hydroxyl groups is 1. The molecule has 0 saturated heterocycles. The molecule has 1 atom stereocenters. The van der Waals surface area contributed by atoms with E-state index in [0.29, 0.717) is 23.4 Å². The van der Waals surface area contributed by atoms with Gasteiger partial charge in [-0.2, -0.15) is 0 Å². The SMILES string of the molecule is CC(CO)n1cnc2c(=O)[nH]c(Cc3ccccc3)nc21. The lowest BCUT2D eigenvalue weighted by Gasteiger charge is -2.10. The van der Waals surface area contributed by atoms with Gasteiger partial charge in [-0.1, -0.05) is 30.3 Å². The van der Waals surface area contributed by atoms with Crippen molar-refractivity contribution in [3.63, 3.8) is 0 Å². The fraction of sp³-hybridized carbons (Fsp3) is 0.267. The van der Waals surface area contributed by atoms with Crippen LogP contribution in [0.25, 0.3) is 11.2 Å². The van der Waals surface area contributed by atoms with Crippen LogP contribution in [0.5, 0.6) is 0 Å². The molecule has 3 aromatic rings. The Labute approximate surface area is 121 Å². The summed E-state index contributed by atoms with van der Waals surface area (Å²) >= 11 is 0. The molecule has 2 aromatic heterocycles. The van der Waals surface area contributed by atoms with E-state index < -0.39 is 0 Å². The average Bonchev–Trinajstić information content (AvgIpc) is 2.92. The third kappa shape index (κ3) is 2.57. The van der Waals surface area contributed by atoms with Gasteiger partial charge in [-0.25, -0.2) is 9.97 Å². The van der Waals surface area contributed by atoms with E-state index in [4.69, 9.17) is 0 Å². The van der Waals surface area contributed by atoms with Crippen LogP contribution in [0.2, 0.25) is 0 Å². The fourth-order valence-corrected chi connectivity index (χ4v) is 2.25. The molecular formula is C15H16N4O2. The summed E-state index contributed by atoms with van der Waals surface area (Å²) in [6.07, 6.45) is 2.09. The minimum absolute atomic E-state index is 0.0338. The largest absolute Gasteiger partial charge is 0.394 e. The molecule has 0 spiro atoms. The lowest BCUT2D eigenvalue weighted by molar-refractivity contribution is 0.241. The monoisotopic (exact) mass is 284 g/mol. The second-order valence-corrected chi connectivity index (χ2v) is 5.03. The Kier molecular flexibility index (Phi) is 3.53. The van der Waals surface area contributed by atoms with Gasteiger partial charge in [-0.15, -0.1) is 0 Å². The molecular weight excluding hydrogens is 268 g/mol. The molecule has 0 radical (unpaired) electrons. The molecule has 0 saturated carbocycles. The Morgan fingerprint density at radius 2 is 2.10 bits per heavy atom. The summed E-state index contributed by atoms with van der Waals surface area (Å²) in [5.74, 6) is 0.589. The van der Waals surface area contributed by atoms with E-state index in [9.17, 15) is 9.90 Å². The first-order chi connectivity index (χ1) is 10.2. The van der Waals surface area contributed by atoms with Gasteiger partial charge in [0.1, 0.15) is 5.82 Å². The minimum Gasteiger partial charge on any atom is -0.394 e. The van der Waals surface area contributed by atoms with Gasteiger partial charge >= 0.3 is 0 Å². The number of imidazole rings is 1. The molecule has 6 heteroatoms. The van der Waals surface area contributed by atoms with Crippen LogP contribution >= 0.6 is 0 Å². The quantitative estimate of drug-likeness (QED) is 0.755. The van der Waals surface area contributed by atoms with Crippen LogP contribution in [0, 0.1) is 0 Å². The van der Waals surface area contributed by atoms with Crippen LogP contribution in [-0.4, -0.2) is 31.2 Å². The Hall–Kier alpha value is -2.47. The van der Waals surface area contributed by atoms with Gasteiger partial charge < -0.3 is 14.7 Å². The molecule has 1 unspecified atom stereocenters. The summed E-state index contributed by atoms with van der Waals surface area (Å²) in [6.45, 7) is 1.81. The number of fused-ring (bicyclic) bond motifs is 1. The Bertz CT molecular complexity index is 807. The molecule has 0 bridgehead atoms. The number of aromatic nitrogens is 4. The summed E-state index contributed by atoms with van der Waals surface area (Å²) < 4.78 is 1.72. The number of aromatic amines is 1. The van der Waals surface area contributed by atoms with Gasteiger partial charge in [0.05, 0.1) is 19.0 Å². The van der Waals surface area contributed by atoms with Crippen molar-refractivity contribution in [2.45, 2.75) is 19.4 Å². The van der Waals surface area contributed by atoms with Crippen molar-refractivity contribution in [2.75, 3.05) is 6.61 Å². The lowest BCUT2D eigenvalue weighted by atomic mass is 10.1. The van der Waals surface area contributed by atoms with E-state index >= 15 is 0 Å². The summed E-state index contributed by atoms with van der Waals surface area (Å²) in [4.78, 5) is 23.4. The summed E-state index contributed by atoms with van der Waals surface area (Å²) in [5, 5.41) is 9.28. The second kappa shape index (κ2) is 5.49. The number of nitrogens with zero attached hydrogens (tertiary/aromatic N) is 3. The molecule has 0 amide bonds. The van der Waals surface area contributed by atoms with Crippen molar-refractivity contribution in [3.05, 3.63) is 58.4 Å². The zero-order valence-corrected chi connectivity index (χ0v) is 11.7. The first kappa shape index (κ1) is 13.5. The van der Waals surface area contributed by atoms with Gasteiger partial charge in [0.15, 0.2) is 11.2 Å². The normalized spacial score (nSPS) is 12.7. The number of aliphatic hydroxyl groups excluding tert-OH is 1. The van der Waals surface area contributed by atoms with Crippen molar-refractivity contribution < 1.29 is 5.11 Å². The number of rotatable bonds is 4. The lowest BCUT2D eigenvalue weighted by Crippen LogP contribution is -2.15. The highest BCUT2D eigenvalue weighted by Gasteiger charge is 2.13. The molecule has 21 heavy (non-hydrogen) atoms. The molecule has 1 aromatic carbocycles. The number of hydrogen-bond acceptors (Lipinski definition) is 4. The molecule has 3 rings (SSSR count). The van der Waals surface area contributed by atoms with Crippen molar-refractivity contribution in [3.8, 4) is 0 Å². The smallest absolute Gasteiger partial charge is 0.279 e. The van der Waals surface area contributed by atoms with Crippen molar-refractivity contribution >= 4 is 11.2 Å². The summed E-state index contributed by atoms with van der Waals surface area (Å²) in [7, 11) is 0. The predicted octanol–water partition coefficient (Wildman–Crippen LogP) is 1.26. The maximum atomic E-state index is 12.1. The molecule has 0 aliphatic carbocycles. The van der Waals surface area contributed by atoms with Crippen molar-refractivity contribution in [1.82, 2.24) is 19.5 Å². The van der Waals surface area contributed by atoms with E-state index in [2.05, 4.69) is 15.0 Å². The van der Waals surface area contributed by atoms with Gasteiger partial charge in [0.25, 0.3) is 5.56 Å². The van der Waals surface area contributed by atoms with Gasteiger partial charge in [0.2, 0.25) is 0 Å². The summed E-state index contributed by atoms with van der Waals surface area (Å²) in [5.41, 5.74) is 1.62. The highest BCUT2D eigenvalue weighted by atomic mass is 16.3. The fourth-order valence-electron chi connectivity index (χ4n) is 2.25. The zero-order valence-electron chi connectivity index (χ0n) is 11.7. The first-order valence-electron chi connectivity index (χ1n) is 6.79. The number of H-pyrrole nitrogens is 1. The van der Waals surface area contributed by atoms with E-state index in [1.54, 1.807) is 10.9 Å². The van der Waals surface area contributed by atoms with Crippen molar-refractivity contribution in [1.29, 1.82) is 0 Å². The average molecular weight is 284 g/mol. The Morgan fingerprint density at radius 1 is 1.33 bits per heavy atom. The van der Waals surface area contributed by atoms with Crippen LogP contribution in [0.3, 0.4) is 0 Å². The third-order valence-electron chi connectivity index (χ3n) is 3.43. The standard InChI is InChI=1S/C15H16N4O2/c1-10(8-20)19-9-16-13-14(19)17-12(18-15(13)21)7-11-5-3-2-4-6-11/h2-6,9-10,20H,7-8H2,1H3,(H,17,18,21). The van der Waals surface area contributed by atoms with E-state index in [0.717, 1.165) is 5.56 Å². The molecule has 0 fully saturated rings. The summed E-state index contributed by atoms with van der Waals surface area (Å²) in [6, 6.07) is 9.64. The predicted molar refractivity (Wildman–Crippen MR) is 79.2 cm³/mol. The van der Waals surface area contributed by atoms with Crippen LogP contribution in [0.4, 0.5) is 0 Å². The van der Waals surface area contributed by atoms with Crippen LogP contribution in [0.1, 0.15) is 24.4 Å². The number of benzene rings is 1. The molecule has 108 valence electrons. The van der Waals surface area contributed by atoms with Gasteiger partial charge in [0, 0.05) is 6.42 Å². The van der Waals surface area contributed by atoms with Gasteiger partial charge in [-0.05, 0) is 12.5 Å². The topological polar surface area (TPSA) is 83.8 Å². The highest BCUT2D eigenvalue weighted by molar-refractivity contribution is 5.69. The molecule has 0 aliphatic rings. The maximum Gasteiger partial charge on any atom is 0.279 e. The Balaban J connectivity index is 2.07. The second-order valence-electron chi connectivity index (χ2n) is 5.03. The zero-order chi connectivity index (χ0) is 14.8. The molecule has 2 N–H and O–H groups in total.